The largest absolute Gasteiger partial charge is 0.310 e. The Hall–Kier alpha value is -1.26. The molecule has 1 atom stereocenters. The Labute approximate surface area is 99.6 Å². The first-order valence-electron chi connectivity index (χ1n) is 5.40. The lowest BCUT2D eigenvalue weighted by molar-refractivity contribution is 0.606. The Morgan fingerprint density at radius 3 is 2.81 bits per heavy atom. The molecule has 3 nitrogen and oxygen atoms in total. The van der Waals surface area contributed by atoms with Gasteiger partial charge >= 0.3 is 0 Å². The van der Waals surface area contributed by atoms with Crippen molar-refractivity contribution in [2.45, 2.75) is 19.9 Å². The highest BCUT2D eigenvalue weighted by molar-refractivity contribution is 7.15. The van der Waals surface area contributed by atoms with Gasteiger partial charge in [0.2, 0.25) is 0 Å². The molecule has 0 aliphatic heterocycles. The zero-order valence-corrected chi connectivity index (χ0v) is 10.3. The predicted molar refractivity (Wildman–Crippen MR) is 67.4 cm³/mol. The summed E-state index contributed by atoms with van der Waals surface area (Å²) in [6.45, 7) is 5.25. The molecule has 2 aromatic heterocycles. The van der Waals surface area contributed by atoms with Crippen LogP contribution in [0.5, 0.6) is 0 Å². The zero-order chi connectivity index (χ0) is 11.4. The fourth-order valence-electron chi connectivity index (χ4n) is 1.52. The Balaban J connectivity index is 2.20. The van der Waals surface area contributed by atoms with Crippen LogP contribution in [0.3, 0.4) is 0 Å². The maximum Gasteiger partial charge on any atom is 0.123 e. The molecule has 2 heterocycles. The van der Waals surface area contributed by atoms with Crippen LogP contribution in [-0.2, 0) is 0 Å². The number of nitrogens with one attached hydrogen (secondary N) is 1. The number of aromatic nitrogens is 2. The lowest BCUT2D eigenvalue weighted by atomic mass is 10.3. The average molecular weight is 233 g/mol. The highest BCUT2D eigenvalue weighted by Crippen LogP contribution is 2.27. The molecule has 1 unspecified atom stereocenters. The summed E-state index contributed by atoms with van der Waals surface area (Å²) in [5.41, 5.74) is 1.13. The first-order valence-corrected chi connectivity index (χ1v) is 6.22. The number of rotatable bonds is 4. The number of pyridine rings is 1. The van der Waals surface area contributed by atoms with Crippen LogP contribution in [0.1, 0.15) is 24.8 Å². The minimum atomic E-state index is 0.373. The van der Waals surface area contributed by atoms with E-state index in [-0.39, 0.29) is 0 Å². The van der Waals surface area contributed by atoms with Crippen molar-refractivity contribution in [2.24, 2.45) is 0 Å². The van der Waals surface area contributed by atoms with E-state index in [1.165, 1.54) is 4.88 Å². The molecule has 2 rings (SSSR count). The average Bonchev–Trinajstić information content (AvgIpc) is 2.80. The minimum Gasteiger partial charge on any atom is -0.310 e. The molecule has 0 aliphatic rings. The topological polar surface area (TPSA) is 37.8 Å². The summed E-state index contributed by atoms with van der Waals surface area (Å²) in [5, 5.41) is 4.44. The van der Waals surface area contributed by atoms with E-state index in [1.807, 2.05) is 18.3 Å². The van der Waals surface area contributed by atoms with E-state index in [4.69, 9.17) is 0 Å². The van der Waals surface area contributed by atoms with E-state index >= 15 is 0 Å². The van der Waals surface area contributed by atoms with Gasteiger partial charge in [-0.1, -0.05) is 6.92 Å². The third-order valence-electron chi connectivity index (χ3n) is 2.39. The van der Waals surface area contributed by atoms with Crippen LogP contribution < -0.4 is 5.32 Å². The maximum atomic E-state index is 4.44. The van der Waals surface area contributed by atoms with E-state index in [9.17, 15) is 0 Å². The molecule has 84 valence electrons. The molecule has 0 saturated heterocycles. The monoisotopic (exact) mass is 233 g/mol. The Kier molecular flexibility index (Phi) is 3.64. The molecule has 16 heavy (non-hydrogen) atoms. The van der Waals surface area contributed by atoms with Crippen LogP contribution in [0.4, 0.5) is 0 Å². The van der Waals surface area contributed by atoms with Crippen molar-refractivity contribution in [1.29, 1.82) is 0 Å². The third-order valence-corrected chi connectivity index (χ3v) is 3.62. The second-order valence-corrected chi connectivity index (χ2v) is 4.65. The molecule has 0 amide bonds. The Morgan fingerprint density at radius 1 is 1.38 bits per heavy atom. The highest BCUT2D eigenvalue weighted by atomic mass is 32.1. The summed E-state index contributed by atoms with van der Waals surface area (Å²) < 4.78 is 0. The second kappa shape index (κ2) is 5.18. The van der Waals surface area contributed by atoms with E-state index in [0.717, 1.165) is 17.1 Å². The second-order valence-electron chi connectivity index (χ2n) is 3.58. The lowest BCUT2D eigenvalue weighted by Gasteiger charge is -2.08. The van der Waals surface area contributed by atoms with Gasteiger partial charge in [-0.15, -0.1) is 11.3 Å². The van der Waals surface area contributed by atoms with Gasteiger partial charge in [0, 0.05) is 35.1 Å². The summed E-state index contributed by atoms with van der Waals surface area (Å²) in [6.07, 6.45) is 5.54. The molecule has 0 radical (unpaired) electrons. The summed E-state index contributed by atoms with van der Waals surface area (Å²) in [6, 6.07) is 4.35. The molecular formula is C12H15N3S. The fraction of sp³-hybridized carbons (Fsp3) is 0.333. The van der Waals surface area contributed by atoms with Gasteiger partial charge in [0.25, 0.3) is 0 Å². The maximum absolute atomic E-state index is 4.44. The molecule has 4 heteroatoms. The van der Waals surface area contributed by atoms with Crippen LogP contribution in [0.15, 0.2) is 30.7 Å². The number of hydrogen-bond acceptors (Lipinski definition) is 4. The summed E-state index contributed by atoms with van der Waals surface area (Å²) in [7, 11) is 0. The van der Waals surface area contributed by atoms with Crippen molar-refractivity contribution < 1.29 is 0 Å². The minimum absolute atomic E-state index is 0.373. The first kappa shape index (κ1) is 11.2. The van der Waals surface area contributed by atoms with Gasteiger partial charge in [0.1, 0.15) is 5.01 Å². The Morgan fingerprint density at radius 2 is 2.12 bits per heavy atom. The molecular weight excluding hydrogens is 218 g/mol. The normalized spacial score (nSPS) is 12.6. The van der Waals surface area contributed by atoms with Crippen LogP contribution in [0, 0.1) is 0 Å². The number of hydrogen-bond donors (Lipinski definition) is 1. The molecule has 0 fully saturated rings. The van der Waals surface area contributed by atoms with E-state index in [1.54, 1.807) is 23.7 Å². The fourth-order valence-corrected chi connectivity index (χ4v) is 2.47. The van der Waals surface area contributed by atoms with Crippen molar-refractivity contribution in [3.8, 4) is 10.6 Å². The number of thiazole rings is 1. The molecule has 0 bridgehead atoms. The van der Waals surface area contributed by atoms with E-state index in [2.05, 4.69) is 29.1 Å². The van der Waals surface area contributed by atoms with E-state index in [0.29, 0.717) is 6.04 Å². The third kappa shape index (κ3) is 2.46. The van der Waals surface area contributed by atoms with Gasteiger partial charge in [0.15, 0.2) is 0 Å². The van der Waals surface area contributed by atoms with Crippen LogP contribution in [0.2, 0.25) is 0 Å². The molecule has 0 spiro atoms. The molecule has 1 N–H and O–H groups in total. The van der Waals surface area contributed by atoms with Gasteiger partial charge in [-0.05, 0) is 25.6 Å². The Bertz CT molecular complexity index is 439. The molecule has 0 saturated carbocycles. The molecule has 0 aromatic carbocycles. The van der Waals surface area contributed by atoms with Crippen molar-refractivity contribution in [2.75, 3.05) is 6.54 Å². The SMILES string of the molecule is CCNC(C)c1cnc(-c2ccncc2)s1. The predicted octanol–water partition coefficient (Wildman–Crippen LogP) is 2.88. The van der Waals surface area contributed by atoms with E-state index < -0.39 is 0 Å². The summed E-state index contributed by atoms with van der Waals surface area (Å²) >= 11 is 1.73. The summed E-state index contributed by atoms with van der Waals surface area (Å²) in [4.78, 5) is 9.72. The quantitative estimate of drug-likeness (QED) is 0.882. The van der Waals surface area contributed by atoms with Crippen LogP contribution in [0.25, 0.3) is 10.6 Å². The zero-order valence-electron chi connectivity index (χ0n) is 9.47. The highest BCUT2D eigenvalue weighted by Gasteiger charge is 2.09. The standard InChI is InChI=1S/C12H15N3S/c1-3-14-9(2)11-8-15-12(16-11)10-4-6-13-7-5-10/h4-9,14H,3H2,1-2H3. The van der Waals surface area contributed by atoms with Gasteiger partial charge in [-0.2, -0.15) is 0 Å². The van der Waals surface area contributed by atoms with Crippen molar-refractivity contribution in [1.82, 2.24) is 15.3 Å². The van der Waals surface area contributed by atoms with Gasteiger partial charge in [-0.3, -0.25) is 4.98 Å². The summed E-state index contributed by atoms with van der Waals surface area (Å²) in [5.74, 6) is 0. The smallest absolute Gasteiger partial charge is 0.123 e. The van der Waals surface area contributed by atoms with Gasteiger partial charge in [-0.25, -0.2) is 4.98 Å². The van der Waals surface area contributed by atoms with Crippen LogP contribution >= 0.6 is 11.3 Å². The van der Waals surface area contributed by atoms with Crippen molar-refractivity contribution in [3.63, 3.8) is 0 Å². The van der Waals surface area contributed by atoms with Crippen LogP contribution in [-0.4, -0.2) is 16.5 Å². The number of nitrogens with zero attached hydrogens (tertiary/aromatic N) is 2. The first-order chi connectivity index (χ1) is 7.81. The van der Waals surface area contributed by atoms with Gasteiger partial charge in [0.05, 0.1) is 0 Å². The lowest BCUT2D eigenvalue weighted by Crippen LogP contribution is -2.16. The van der Waals surface area contributed by atoms with Crippen molar-refractivity contribution in [3.05, 3.63) is 35.6 Å². The molecule has 0 aliphatic carbocycles. The van der Waals surface area contributed by atoms with Gasteiger partial charge < -0.3 is 5.32 Å². The molecule has 2 aromatic rings. The van der Waals surface area contributed by atoms with Crippen molar-refractivity contribution >= 4 is 11.3 Å².